The molecule has 2 aromatic heterocycles. The van der Waals surface area contributed by atoms with E-state index in [4.69, 9.17) is 20.0 Å². The Morgan fingerprint density at radius 3 is 2.31 bits per heavy atom. The van der Waals surface area contributed by atoms with Gasteiger partial charge in [0.05, 0.1) is 6.07 Å². The summed E-state index contributed by atoms with van der Waals surface area (Å²) in [7, 11) is 0. The number of amides is 1. The van der Waals surface area contributed by atoms with E-state index in [-0.39, 0.29) is 29.8 Å². The Hall–Kier alpha value is -4.50. The van der Waals surface area contributed by atoms with Crippen LogP contribution in [-0.2, 0) is 16.6 Å². The Bertz CT molecular complexity index is 1390. The van der Waals surface area contributed by atoms with E-state index in [0.29, 0.717) is 5.56 Å². The summed E-state index contributed by atoms with van der Waals surface area (Å²) in [5, 5.41) is 26.6. The van der Waals surface area contributed by atoms with Crippen LogP contribution in [0.4, 0.5) is 13.2 Å². The van der Waals surface area contributed by atoms with Crippen LogP contribution in [0.25, 0.3) is 34.3 Å². The fourth-order valence-corrected chi connectivity index (χ4v) is 3.47. The van der Waals surface area contributed by atoms with E-state index in [9.17, 15) is 23.1 Å². The zero-order chi connectivity index (χ0) is 25.2. The molecule has 12 heteroatoms. The van der Waals surface area contributed by atoms with Gasteiger partial charge in [-0.05, 0) is 5.56 Å². The van der Waals surface area contributed by atoms with Crippen LogP contribution in [0, 0.1) is 11.3 Å². The number of carbonyl (C=O) groups excluding carboxylic acids is 1. The average Bonchev–Trinajstić information content (AvgIpc) is 3.50. The van der Waals surface area contributed by atoms with Gasteiger partial charge in [0.1, 0.15) is 11.3 Å². The first-order chi connectivity index (χ1) is 16.6. The number of alkyl halides is 3. The number of hydrogen-bond acceptors (Lipinski definition) is 8. The van der Waals surface area contributed by atoms with E-state index in [2.05, 4.69) is 15.3 Å². The molecule has 4 aromatic rings. The van der Waals surface area contributed by atoms with Gasteiger partial charge in [-0.25, -0.2) is 0 Å². The van der Waals surface area contributed by atoms with Gasteiger partial charge in [0.25, 0.3) is 11.8 Å². The van der Waals surface area contributed by atoms with Crippen molar-refractivity contribution in [3.05, 3.63) is 65.7 Å². The molecule has 0 saturated heterocycles. The van der Waals surface area contributed by atoms with Crippen molar-refractivity contribution in [2.75, 3.05) is 0 Å². The van der Waals surface area contributed by atoms with E-state index in [1.165, 1.54) is 36.4 Å². The normalized spacial score (nSPS) is 13.2. The highest BCUT2D eigenvalue weighted by atomic mass is 19.4. The molecule has 2 heterocycles. The highest BCUT2D eigenvalue weighted by Crippen LogP contribution is 2.43. The van der Waals surface area contributed by atoms with Crippen LogP contribution < -0.4 is 5.73 Å². The fraction of sp³-hybridized carbons (Fsp3) is 0.174. The summed E-state index contributed by atoms with van der Waals surface area (Å²) in [5.41, 5.74) is 2.32. The lowest BCUT2D eigenvalue weighted by atomic mass is 9.88. The van der Waals surface area contributed by atoms with Gasteiger partial charge in [0, 0.05) is 24.0 Å². The number of primary amides is 1. The third-order valence-electron chi connectivity index (χ3n) is 5.27. The number of aliphatic hydroxyl groups is 1. The molecule has 9 nitrogen and oxygen atoms in total. The van der Waals surface area contributed by atoms with E-state index >= 15 is 0 Å². The number of nitrogens with zero attached hydrogens (tertiary/aromatic N) is 4. The summed E-state index contributed by atoms with van der Waals surface area (Å²) in [4.78, 5) is 15.8. The number of aromatic nitrogens is 3. The van der Waals surface area contributed by atoms with Crippen molar-refractivity contribution in [3.63, 3.8) is 0 Å². The summed E-state index contributed by atoms with van der Waals surface area (Å²) in [6, 6.07) is 15.1. The number of nitriles is 1. The van der Waals surface area contributed by atoms with E-state index < -0.39 is 40.6 Å². The van der Waals surface area contributed by atoms with Gasteiger partial charge < -0.3 is 19.9 Å². The highest BCUT2D eigenvalue weighted by Gasteiger charge is 2.43. The summed E-state index contributed by atoms with van der Waals surface area (Å²) in [5.74, 6) is -2.36. The summed E-state index contributed by atoms with van der Waals surface area (Å²) >= 11 is 0. The van der Waals surface area contributed by atoms with Gasteiger partial charge in [-0.1, -0.05) is 64.9 Å². The highest BCUT2D eigenvalue weighted by molar-refractivity contribution is 5.85. The summed E-state index contributed by atoms with van der Waals surface area (Å²) in [6.07, 6.45) is -5.14. The van der Waals surface area contributed by atoms with Crippen LogP contribution in [0.5, 0.6) is 0 Å². The first-order valence-corrected chi connectivity index (χ1v) is 10.1. The smallest absolute Gasteiger partial charge is 0.375 e. The number of hydrogen-bond donors (Lipinski definition) is 2. The van der Waals surface area contributed by atoms with Crippen molar-refractivity contribution in [1.29, 1.82) is 5.26 Å². The predicted octanol–water partition coefficient (Wildman–Crippen LogP) is 4.05. The zero-order valence-corrected chi connectivity index (χ0v) is 17.8. The minimum absolute atomic E-state index is 0.0722. The van der Waals surface area contributed by atoms with Gasteiger partial charge in [-0.3, -0.25) is 4.79 Å². The Labute approximate surface area is 195 Å². The average molecular weight is 483 g/mol. The van der Waals surface area contributed by atoms with Crippen molar-refractivity contribution in [1.82, 2.24) is 15.3 Å². The van der Waals surface area contributed by atoms with Crippen LogP contribution in [-0.4, -0.2) is 26.3 Å². The molecule has 0 aliphatic rings. The molecule has 35 heavy (non-hydrogen) atoms. The Morgan fingerprint density at radius 2 is 1.71 bits per heavy atom. The SMILES string of the molecule is N#CCCC(O)(C(N)=O)c1ccc(-c2noc(-c3onc(-c4ccccc4)c3C(F)(F)F)n2)cc1. The molecule has 0 aliphatic heterocycles. The summed E-state index contributed by atoms with van der Waals surface area (Å²) < 4.78 is 51.6. The molecule has 4 rings (SSSR count). The van der Waals surface area contributed by atoms with E-state index in [0.717, 1.165) is 0 Å². The molecule has 0 aliphatic carbocycles. The quantitative estimate of drug-likeness (QED) is 0.399. The second kappa shape index (κ2) is 9.03. The lowest BCUT2D eigenvalue weighted by molar-refractivity contribution is -0.138. The van der Waals surface area contributed by atoms with Crippen LogP contribution >= 0.6 is 0 Å². The number of benzene rings is 2. The monoisotopic (exact) mass is 483 g/mol. The summed E-state index contributed by atoms with van der Waals surface area (Å²) in [6.45, 7) is 0. The zero-order valence-electron chi connectivity index (χ0n) is 17.8. The third-order valence-corrected chi connectivity index (χ3v) is 5.27. The molecule has 1 atom stereocenters. The minimum atomic E-state index is -4.82. The predicted molar refractivity (Wildman–Crippen MR) is 114 cm³/mol. The van der Waals surface area contributed by atoms with E-state index in [1.54, 1.807) is 18.2 Å². The standard InChI is InChI=1S/C23H16F3N5O4/c24-23(25,26)16-17(13-5-2-1-3-6-13)30-34-18(16)20-29-19(31-35-20)14-7-9-15(10-8-14)22(33,21(28)32)11-4-12-27/h1-3,5-10,33H,4,11H2,(H2,28,32). The molecule has 0 radical (unpaired) electrons. The Balaban J connectivity index is 1.69. The molecule has 3 N–H and O–H groups in total. The fourth-order valence-electron chi connectivity index (χ4n) is 3.47. The number of rotatable bonds is 7. The number of nitrogens with two attached hydrogens (primary N) is 1. The minimum Gasteiger partial charge on any atom is -0.375 e. The lowest BCUT2D eigenvalue weighted by Crippen LogP contribution is -2.41. The van der Waals surface area contributed by atoms with Crippen molar-refractivity contribution in [2.45, 2.75) is 24.6 Å². The van der Waals surface area contributed by atoms with Crippen LogP contribution in [0.15, 0.2) is 63.6 Å². The number of halogens is 3. The second-order valence-corrected chi connectivity index (χ2v) is 7.48. The van der Waals surface area contributed by atoms with Crippen molar-refractivity contribution in [2.24, 2.45) is 5.73 Å². The first kappa shape index (κ1) is 23.7. The molecular formula is C23H16F3N5O4. The van der Waals surface area contributed by atoms with Gasteiger partial charge in [0.15, 0.2) is 5.60 Å². The third kappa shape index (κ3) is 4.49. The van der Waals surface area contributed by atoms with Gasteiger partial charge in [-0.15, -0.1) is 0 Å². The maximum Gasteiger partial charge on any atom is 0.422 e. The Morgan fingerprint density at radius 1 is 1.03 bits per heavy atom. The van der Waals surface area contributed by atoms with Crippen molar-refractivity contribution in [3.8, 4) is 40.4 Å². The molecule has 0 bridgehead atoms. The molecular weight excluding hydrogens is 467 g/mol. The lowest BCUT2D eigenvalue weighted by Gasteiger charge is -2.24. The second-order valence-electron chi connectivity index (χ2n) is 7.48. The Kier molecular flexibility index (Phi) is 6.10. The van der Waals surface area contributed by atoms with Gasteiger partial charge in [-0.2, -0.15) is 23.4 Å². The maximum atomic E-state index is 13.9. The molecule has 0 fully saturated rings. The van der Waals surface area contributed by atoms with Crippen molar-refractivity contribution >= 4 is 5.91 Å². The van der Waals surface area contributed by atoms with Crippen molar-refractivity contribution < 1.29 is 32.1 Å². The first-order valence-electron chi connectivity index (χ1n) is 10.1. The topological polar surface area (TPSA) is 152 Å². The van der Waals surface area contributed by atoms with Gasteiger partial charge >= 0.3 is 6.18 Å². The molecule has 2 aromatic carbocycles. The van der Waals surface area contributed by atoms with Crippen LogP contribution in [0.2, 0.25) is 0 Å². The molecule has 178 valence electrons. The number of carbonyl (C=O) groups is 1. The largest absolute Gasteiger partial charge is 0.422 e. The van der Waals surface area contributed by atoms with Crippen LogP contribution in [0.3, 0.4) is 0 Å². The van der Waals surface area contributed by atoms with E-state index in [1.807, 2.05) is 6.07 Å². The molecule has 1 amide bonds. The molecule has 1 unspecified atom stereocenters. The van der Waals surface area contributed by atoms with Crippen LogP contribution in [0.1, 0.15) is 24.0 Å². The molecule has 0 saturated carbocycles. The molecule has 0 spiro atoms. The van der Waals surface area contributed by atoms with Gasteiger partial charge in [0.2, 0.25) is 11.6 Å². The maximum absolute atomic E-state index is 13.9.